The van der Waals surface area contributed by atoms with E-state index in [9.17, 15) is 4.79 Å². The summed E-state index contributed by atoms with van der Waals surface area (Å²) in [4.78, 5) is 25.2. The molecule has 0 amide bonds. The Morgan fingerprint density at radius 3 is 2.69 bits per heavy atom. The maximum absolute atomic E-state index is 12.7. The summed E-state index contributed by atoms with van der Waals surface area (Å²) >= 11 is 3.40. The largest absolute Gasteiger partial charge is 0.303 e. The van der Waals surface area contributed by atoms with Crippen molar-refractivity contribution in [2.45, 2.75) is 59.0 Å². The van der Waals surface area contributed by atoms with Crippen LogP contribution in [0, 0.1) is 11.3 Å². The molecule has 0 spiro atoms. The first kappa shape index (κ1) is 19.9. The van der Waals surface area contributed by atoms with Crippen molar-refractivity contribution in [1.82, 2.24) is 14.9 Å². The fourth-order valence-corrected chi connectivity index (χ4v) is 6.00. The molecule has 144 valence electrons. The molecule has 0 bridgehead atoms. The minimum absolute atomic E-state index is 0.0482. The molecule has 0 aromatic carbocycles. The number of thioether (sulfide) groups is 1. The van der Waals surface area contributed by atoms with Crippen LogP contribution in [0.25, 0.3) is 10.2 Å². The predicted octanol–water partition coefficient (Wildman–Crippen LogP) is 4.57. The van der Waals surface area contributed by atoms with Gasteiger partial charge in [-0.05, 0) is 49.2 Å². The molecule has 2 aromatic heterocycles. The molecule has 0 saturated heterocycles. The Morgan fingerprint density at radius 2 is 2.04 bits per heavy atom. The highest BCUT2D eigenvalue weighted by Gasteiger charge is 2.31. The highest BCUT2D eigenvalue weighted by atomic mass is 32.2. The number of hydrogen-bond donors (Lipinski definition) is 1. The molecule has 26 heavy (non-hydrogen) atoms. The average Bonchev–Trinajstić information content (AvgIpc) is 2.95. The Balaban J connectivity index is 1.81. The summed E-state index contributed by atoms with van der Waals surface area (Å²) in [6, 6.07) is 0. The molecule has 6 heteroatoms. The number of hydrogen-bond acceptors (Lipinski definition) is 5. The van der Waals surface area contributed by atoms with Crippen molar-refractivity contribution in [1.29, 1.82) is 0 Å². The molecular formula is C20H31N3OS2. The number of rotatable bonds is 6. The number of nitrogens with zero attached hydrogens (tertiary/aromatic N) is 2. The highest BCUT2D eigenvalue weighted by Crippen LogP contribution is 2.42. The summed E-state index contributed by atoms with van der Waals surface area (Å²) in [5, 5.41) is 1.62. The van der Waals surface area contributed by atoms with Gasteiger partial charge >= 0.3 is 0 Å². The van der Waals surface area contributed by atoms with Crippen LogP contribution >= 0.6 is 23.1 Å². The lowest BCUT2D eigenvalue weighted by atomic mass is 9.72. The lowest BCUT2D eigenvalue weighted by molar-refractivity contribution is 0.218. The van der Waals surface area contributed by atoms with Gasteiger partial charge in [0.05, 0.1) is 5.39 Å². The number of thiophene rings is 1. The van der Waals surface area contributed by atoms with Gasteiger partial charge in [-0.1, -0.05) is 46.4 Å². The second-order valence-electron chi connectivity index (χ2n) is 8.24. The van der Waals surface area contributed by atoms with Crippen LogP contribution in [0.2, 0.25) is 0 Å². The lowest BCUT2D eigenvalue weighted by Gasteiger charge is -2.33. The smallest absolute Gasteiger partial charge is 0.260 e. The average molecular weight is 394 g/mol. The van der Waals surface area contributed by atoms with Gasteiger partial charge in [-0.3, -0.25) is 4.79 Å². The fraction of sp³-hybridized carbons (Fsp3) is 0.700. The minimum Gasteiger partial charge on any atom is -0.303 e. The third-order valence-electron chi connectivity index (χ3n) is 5.66. The third kappa shape index (κ3) is 4.18. The van der Waals surface area contributed by atoms with E-state index in [-0.39, 0.29) is 5.56 Å². The fourth-order valence-electron chi connectivity index (χ4n) is 3.78. The first-order valence-electron chi connectivity index (χ1n) is 9.73. The number of H-pyrrole nitrogens is 1. The SMILES string of the molecule is CCN(CC)CCSc1nc2sc3c(c2c(=O)[nH]1)CCC(C(C)(C)C)C3. The molecule has 0 fully saturated rings. The van der Waals surface area contributed by atoms with Crippen LogP contribution in [0.1, 0.15) is 51.5 Å². The van der Waals surface area contributed by atoms with E-state index in [1.54, 1.807) is 23.1 Å². The van der Waals surface area contributed by atoms with Gasteiger partial charge in [0.1, 0.15) is 4.83 Å². The Kier molecular flexibility index (Phi) is 6.14. The summed E-state index contributed by atoms with van der Waals surface area (Å²) in [7, 11) is 0. The van der Waals surface area contributed by atoms with Crippen molar-refractivity contribution in [2.24, 2.45) is 11.3 Å². The summed E-state index contributed by atoms with van der Waals surface area (Å²) in [6.45, 7) is 14.5. The molecule has 2 aromatic rings. The molecule has 0 radical (unpaired) electrons. The maximum atomic E-state index is 12.7. The van der Waals surface area contributed by atoms with Crippen LogP contribution in [-0.2, 0) is 12.8 Å². The normalized spacial score (nSPS) is 17.8. The molecule has 0 aliphatic heterocycles. The van der Waals surface area contributed by atoms with Gasteiger partial charge in [0, 0.05) is 17.2 Å². The van der Waals surface area contributed by atoms with Crippen molar-refractivity contribution in [3.05, 3.63) is 20.8 Å². The van der Waals surface area contributed by atoms with E-state index >= 15 is 0 Å². The second kappa shape index (κ2) is 8.03. The molecule has 1 N–H and O–H groups in total. The maximum Gasteiger partial charge on any atom is 0.260 e. The predicted molar refractivity (Wildman–Crippen MR) is 114 cm³/mol. The number of nitrogens with one attached hydrogen (secondary N) is 1. The van der Waals surface area contributed by atoms with Crippen molar-refractivity contribution < 1.29 is 0 Å². The van der Waals surface area contributed by atoms with E-state index in [0.29, 0.717) is 11.3 Å². The minimum atomic E-state index is 0.0482. The Morgan fingerprint density at radius 1 is 1.31 bits per heavy atom. The number of aryl methyl sites for hydroxylation is 1. The standard InChI is InChI=1S/C20H31N3OS2/c1-6-23(7-2)10-11-25-19-21-17(24)16-14-9-8-13(20(3,4)5)12-15(14)26-18(16)22-19/h13H,6-12H2,1-5H3,(H,21,22,24). The topological polar surface area (TPSA) is 49.0 Å². The monoisotopic (exact) mass is 393 g/mol. The van der Waals surface area contributed by atoms with Crippen LogP contribution in [-0.4, -0.2) is 40.3 Å². The van der Waals surface area contributed by atoms with E-state index in [1.165, 1.54) is 16.9 Å². The number of aromatic amines is 1. The van der Waals surface area contributed by atoms with Crippen LogP contribution < -0.4 is 5.56 Å². The van der Waals surface area contributed by atoms with Crippen molar-refractivity contribution in [2.75, 3.05) is 25.4 Å². The number of aromatic nitrogens is 2. The zero-order valence-corrected chi connectivity index (χ0v) is 18.3. The molecule has 1 atom stereocenters. The molecule has 2 heterocycles. The molecule has 1 unspecified atom stereocenters. The summed E-state index contributed by atoms with van der Waals surface area (Å²) < 4.78 is 0. The van der Waals surface area contributed by atoms with Crippen LogP contribution in [0.15, 0.2) is 9.95 Å². The third-order valence-corrected chi connectivity index (χ3v) is 7.66. The number of fused-ring (bicyclic) bond motifs is 3. The van der Waals surface area contributed by atoms with E-state index in [1.807, 2.05) is 0 Å². The molecule has 4 nitrogen and oxygen atoms in total. The summed E-state index contributed by atoms with van der Waals surface area (Å²) in [5.74, 6) is 1.64. The van der Waals surface area contributed by atoms with Gasteiger partial charge in [-0.25, -0.2) is 4.98 Å². The molecule has 0 saturated carbocycles. The van der Waals surface area contributed by atoms with E-state index in [4.69, 9.17) is 4.98 Å². The summed E-state index contributed by atoms with van der Waals surface area (Å²) in [5.41, 5.74) is 1.63. The first-order chi connectivity index (χ1) is 12.3. The van der Waals surface area contributed by atoms with Gasteiger partial charge in [0.2, 0.25) is 0 Å². The Hall–Kier alpha value is -0.850. The van der Waals surface area contributed by atoms with Crippen LogP contribution in [0.5, 0.6) is 0 Å². The van der Waals surface area contributed by atoms with E-state index in [2.05, 4.69) is 44.5 Å². The highest BCUT2D eigenvalue weighted by molar-refractivity contribution is 7.99. The zero-order valence-electron chi connectivity index (χ0n) is 16.6. The van der Waals surface area contributed by atoms with E-state index in [0.717, 1.165) is 53.6 Å². The lowest BCUT2D eigenvalue weighted by Crippen LogP contribution is -2.26. The Labute approximate surface area is 164 Å². The Bertz CT molecular complexity index is 815. The van der Waals surface area contributed by atoms with Gasteiger partial charge in [-0.15, -0.1) is 11.3 Å². The quantitative estimate of drug-likeness (QED) is 0.577. The van der Waals surface area contributed by atoms with Gasteiger partial charge in [-0.2, -0.15) is 0 Å². The molecule has 3 rings (SSSR count). The molecule has 1 aliphatic carbocycles. The van der Waals surface area contributed by atoms with Gasteiger partial charge in [0.25, 0.3) is 5.56 Å². The zero-order chi connectivity index (χ0) is 18.9. The second-order valence-corrected chi connectivity index (χ2v) is 10.4. The van der Waals surface area contributed by atoms with Crippen LogP contribution in [0.4, 0.5) is 0 Å². The van der Waals surface area contributed by atoms with Crippen LogP contribution in [0.3, 0.4) is 0 Å². The first-order valence-corrected chi connectivity index (χ1v) is 11.5. The molecule has 1 aliphatic rings. The van der Waals surface area contributed by atoms with Crippen molar-refractivity contribution >= 4 is 33.3 Å². The van der Waals surface area contributed by atoms with Gasteiger partial charge < -0.3 is 9.88 Å². The van der Waals surface area contributed by atoms with E-state index < -0.39 is 0 Å². The van der Waals surface area contributed by atoms with Crippen molar-refractivity contribution in [3.63, 3.8) is 0 Å². The van der Waals surface area contributed by atoms with Gasteiger partial charge in [0.15, 0.2) is 5.16 Å². The van der Waals surface area contributed by atoms with Crippen molar-refractivity contribution in [3.8, 4) is 0 Å². The molecular weight excluding hydrogens is 362 g/mol. The summed E-state index contributed by atoms with van der Waals surface area (Å²) in [6.07, 6.45) is 3.27.